The number of thioether (sulfide) groups is 1. The summed E-state index contributed by atoms with van der Waals surface area (Å²) in [6.45, 7) is 5.89. The number of oxime groups is 1. The lowest BCUT2D eigenvalue weighted by Crippen LogP contribution is -2.38. The number of morpholine rings is 1. The van der Waals surface area contributed by atoms with Crippen molar-refractivity contribution >= 4 is 34.4 Å². The molecule has 1 fully saturated rings. The molecule has 9 nitrogen and oxygen atoms in total. The second-order valence-electron chi connectivity index (χ2n) is 7.65. The molecule has 4 N–H and O–H groups in total. The Balaban J connectivity index is 1.52. The van der Waals surface area contributed by atoms with Gasteiger partial charge in [-0.3, -0.25) is 15.4 Å². The summed E-state index contributed by atoms with van der Waals surface area (Å²) in [5, 5.41) is 33.3. The van der Waals surface area contributed by atoms with E-state index < -0.39 is 0 Å². The van der Waals surface area contributed by atoms with E-state index in [1.165, 1.54) is 22.0 Å². The molecule has 0 aliphatic carbocycles. The number of ether oxygens (including phenoxy) is 1. The van der Waals surface area contributed by atoms with Gasteiger partial charge >= 0.3 is 0 Å². The van der Waals surface area contributed by atoms with E-state index in [0.29, 0.717) is 5.71 Å². The third-order valence-electron chi connectivity index (χ3n) is 5.41. The van der Waals surface area contributed by atoms with Crippen LogP contribution in [0.15, 0.2) is 52.3 Å². The Kier molecular flexibility index (Phi) is 7.48. The predicted molar refractivity (Wildman–Crippen MR) is 130 cm³/mol. The smallest absolute Gasteiger partial charge is 0.171 e. The number of aromatic nitrogens is 1. The number of rotatable bonds is 6. The van der Waals surface area contributed by atoms with Gasteiger partial charge in [0.15, 0.2) is 5.17 Å². The number of benzene rings is 1. The molecule has 1 saturated heterocycles. The van der Waals surface area contributed by atoms with Crippen LogP contribution in [0.4, 0.5) is 5.69 Å². The molecular formula is C23H28N6O3S. The number of pyridine rings is 1. The first-order valence-electron chi connectivity index (χ1n) is 10.8. The number of hydrogen-bond donors (Lipinski definition) is 4. The summed E-state index contributed by atoms with van der Waals surface area (Å²) in [7, 11) is 0. The summed E-state index contributed by atoms with van der Waals surface area (Å²) in [5.74, 6) is 0. The first-order chi connectivity index (χ1) is 16.0. The van der Waals surface area contributed by atoms with Gasteiger partial charge in [0.25, 0.3) is 0 Å². The number of nitrogens with zero attached hydrogens (tertiary/aromatic N) is 3. The van der Waals surface area contributed by atoms with Gasteiger partial charge in [-0.1, -0.05) is 16.9 Å². The zero-order chi connectivity index (χ0) is 23.2. The van der Waals surface area contributed by atoms with Gasteiger partial charge in [-0.2, -0.15) is 0 Å². The lowest BCUT2D eigenvalue weighted by atomic mass is 10.1. The van der Waals surface area contributed by atoms with E-state index in [-0.39, 0.29) is 23.9 Å². The van der Waals surface area contributed by atoms with Crippen LogP contribution in [0.3, 0.4) is 0 Å². The molecule has 2 aromatic rings. The predicted octanol–water partition coefficient (Wildman–Crippen LogP) is 2.37. The molecule has 3 heterocycles. The molecule has 33 heavy (non-hydrogen) atoms. The molecule has 10 heteroatoms. The summed E-state index contributed by atoms with van der Waals surface area (Å²) in [5.41, 5.74) is 4.96. The maximum absolute atomic E-state index is 8.83. The van der Waals surface area contributed by atoms with E-state index in [9.17, 15) is 0 Å². The first kappa shape index (κ1) is 23.1. The van der Waals surface area contributed by atoms with E-state index >= 15 is 0 Å². The summed E-state index contributed by atoms with van der Waals surface area (Å²) < 4.78 is 6.98. The monoisotopic (exact) mass is 468 g/mol. The number of hydrogen-bond acceptors (Lipinski definition) is 9. The molecule has 1 aromatic carbocycles. The molecule has 0 saturated carbocycles. The van der Waals surface area contributed by atoms with Crippen molar-refractivity contribution in [3.63, 3.8) is 0 Å². The molecule has 1 aromatic heterocycles. The van der Waals surface area contributed by atoms with Crippen molar-refractivity contribution in [2.24, 2.45) is 5.16 Å². The third kappa shape index (κ3) is 5.65. The van der Waals surface area contributed by atoms with E-state index in [4.69, 9.17) is 25.5 Å². The van der Waals surface area contributed by atoms with Crippen molar-refractivity contribution in [3.05, 3.63) is 58.8 Å². The molecule has 2 aliphatic heterocycles. The molecule has 4 rings (SSSR count). The lowest BCUT2D eigenvalue weighted by molar-refractivity contribution is 0.0538. The Hall–Kier alpha value is -3.08. The highest BCUT2D eigenvalue weighted by Crippen LogP contribution is 2.30. The van der Waals surface area contributed by atoms with Gasteiger partial charge in [-0.25, -0.2) is 0 Å². The van der Waals surface area contributed by atoms with Crippen LogP contribution >= 0.6 is 11.8 Å². The topological polar surface area (TPSA) is 119 Å². The van der Waals surface area contributed by atoms with Gasteiger partial charge in [0, 0.05) is 46.7 Å². The average molecular weight is 469 g/mol. The lowest BCUT2D eigenvalue weighted by Gasteiger charge is -2.33. The van der Waals surface area contributed by atoms with Crippen LogP contribution in [0.5, 0.6) is 0 Å². The van der Waals surface area contributed by atoms with E-state index in [1.807, 2.05) is 12.1 Å². The van der Waals surface area contributed by atoms with Crippen molar-refractivity contribution in [1.29, 1.82) is 10.8 Å². The van der Waals surface area contributed by atoms with Crippen LogP contribution in [0, 0.1) is 10.8 Å². The zero-order valence-corrected chi connectivity index (χ0v) is 19.3. The molecule has 0 atom stereocenters. The molecular weight excluding hydrogens is 440 g/mol. The summed E-state index contributed by atoms with van der Waals surface area (Å²) in [6, 6.07) is 9.49. The van der Waals surface area contributed by atoms with Crippen molar-refractivity contribution in [1.82, 2.24) is 9.47 Å². The Labute approximate surface area is 196 Å². The Morgan fingerprint density at radius 3 is 2.88 bits per heavy atom. The highest BCUT2D eigenvalue weighted by molar-refractivity contribution is 8.13. The first-order valence-corrected chi connectivity index (χ1v) is 11.6. The Morgan fingerprint density at radius 2 is 2.09 bits per heavy atom. The highest BCUT2D eigenvalue weighted by atomic mass is 32.2. The third-order valence-corrected chi connectivity index (χ3v) is 6.29. The zero-order valence-electron chi connectivity index (χ0n) is 18.5. The largest absolute Gasteiger partial charge is 0.393 e. The van der Waals surface area contributed by atoms with E-state index in [1.54, 1.807) is 25.3 Å². The van der Waals surface area contributed by atoms with Gasteiger partial charge in [-0.05, 0) is 43.3 Å². The second kappa shape index (κ2) is 10.7. The molecule has 174 valence electrons. The minimum atomic E-state index is -0.108. The fourth-order valence-corrected chi connectivity index (χ4v) is 4.43. The van der Waals surface area contributed by atoms with Gasteiger partial charge < -0.3 is 24.9 Å². The standard InChI is InChI=1S/C23H28N6O3S/c1-16(27-32-11-8-30)17-2-5-22(24)29(15-17)23(25)33-20-3-4-21-18(13-20)12-19(14-26-21)28-6-9-31-10-7-28/h2-5,12-13,15,24-26,30H,6-11,14H2,1H3/b24-22?,25-23?,27-16+. The maximum atomic E-state index is 8.83. The number of aliphatic hydroxyl groups excluding tert-OH is 1. The number of anilines is 1. The second-order valence-corrected chi connectivity index (χ2v) is 8.71. The molecule has 0 bridgehead atoms. The van der Waals surface area contributed by atoms with E-state index in [0.717, 1.165) is 54.6 Å². The molecule has 2 aliphatic rings. The van der Waals surface area contributed by atoms with Crippen LogP contribution in [0.25, 0.3) is 6.08 Å². The number of aliphatic hydroxyl groups is 1. The van der Waals surface area contributed by atoms with Crippen LogP contribution in [0.2, 0.25) is 0 Å². The quantitative estimate of drug-likeness (QED) is 0.170. The highest BCUT2D eigenvalue weighted by Gasteiger charge is 2.18. The summed E-state index contributed by atoms with van der Waals surface area (Å²) >= 11 is 1.29. The fourth-order valence-electron chi connectivity index (χ4n) is 3.63. The van der Waals surface area contributed by atoms with Crippen LogP contribution in [0.1, 0.15) is 18.1 Å². The van der Waals surface area contributed by atoms with Gasteiger partial charge in [0.1, 0.15) is 12.1 Å². The minimum Gasteiger partial charge on any atom is -0.393 e. The van der Waals surface area contributed by atoms with Crippen molar-refractivity contribution in [2.45, 2.75) is 11.8 Å². The van der Waals surface area contributed by atoms with Crippen molar-refractivity contribution < 1.29 is 14.7 Å². The minimum absolute atomic E-state index is 0.108. The average Bonchev–Trinajstić information content (AvgIpc) is 2.84. The van der Waals surface area contributed by atoms with Crippen LogP contribution in [-0.2, 0) is 9.57 Å². The fraction of sp³-hybridized carbons (Fsp3) is 0.348. The van der Waals surface area contributed by atoms with Crippen molar-refractivity contribution in [3.8, 4) is 0 Å². The Bertz CT molecular complexity index is 1140. The van der Waals surface area contributed by atoms with Gasteiger partial charge in [0.2, 0.25) is 0 Å². The number of fused-ring (bicyclic) bond motifs is 1. The normalized spacial score (nSPS) is 16.0. The van der Waals surface area contributed by atoms with Crippen molar-refractivity contribution in [2.75, 3.05) is 51.4 Å². The molecule has 0 spiro atoms. The number of nitrogens with one attached hydrogen (secondary N) is 3. The van der Waals surface area contributed by atoms with E-state index in [2.05, 4.69) is 27.5 Å². The van der Waals surface area contributed by atoms with Gasteiger partial charge in [0.05, 0.1) is 32.1 Å². The summed E-state index contributed by atoms with van der Waals surface area (Å²) in [6.07, 6.45) is 3.91. The van der Waals surface area contributed by atoms with Gasteiger partial charge in [-0.15, -0.1) is 0 Å². The SMILES string of the molecule is C/C(=N\OCCO)c1ccc(=N)n(C(=N)Sc2ccc3c(c2)C=C(N2CCOCC2)CN3)c1. The van der Waals surface area contributed by atoms with Crippen LogP contribution in [-0.4, -0.2) is 71.5 Å². The summed E-state index contributed by atoms with van der Waals surface area (Å²) in [4.78, 5) is 8.31. The molecule has 0 unspecified atom stereocenters. The Morgan fingerprint density at radius 1 is 1.27 bits per heavy atom. The van der Waals surface area contributed by atoms with Crippen LogP contribution < -0.4 is 10.8 Å². The molecule has 0 radical (unpaired) electrons. The maximum Gasteiger partial charge on any atom is 0.171 e. The molecule has 0 amide bonds.